The summed E-state index contributed by atoms with van der Waals surface area (Å²) in [6.45, 7) is 0. The second-order valence-corrected chi connectivity index (χ2v) is 8.20. The normalized spacial score (nSPS) is 15.0. The number of sulfonamides is 1. The Kier molecular flexibility index (Phi) is 5.18. The molecule has 2 aromatic carbocycles. The van der Waals surface area contributed by atoms with Gasteiger partial charge in [-0.25, -0.2) is 8.42 Å². The quantitative estimate of drug-likeness (QED) is 0.797. The van der Waals surface area contributed by atoms with E-state index >= 15 is 0 Å². The molecule has 0 atom stereocenters. The van der Waals surface area contributed by atoms with Crippen molar-refractivity contribution in [2.75, 3.05) is 28.6 Å². The van der Waals surface area contributed by atoms with Gasteiger partial charge >= 0.3 is 0 Å². The van der Waals surface area contributed by atoms with E-state index in [9.17, 15) is 18.0 Å². The summed E-state index contributed by atoms with van der Waals surface area (Å²) >= 11 is 0. The highest BCUT2D eigenvalue weighted by atomic mass is 32.2. The molecule has 2 aromatic rings. The summed E-state index contributed by atoms with van der Waals surface area (Å²) in [5.41, 5.74) is 1.79. The van der Waals surface area contributed by atoms with E-state index in [-0.39, 0.29) is 16.7 Å². The SMILES string of the molecule is CN(C)c1ccc(NS(=O)(=O)c2ccc(N3C(=O)CCCC3=O)cc2)cc1. The van der Waals surface area contributed by atoms with Gasteiger partial charge in [0.1, 0.15) is 0 Å². The first kappa shape index (κ1) is 18.9. The number of hydrogen-bond donors (Lipinski definition) is 1. The number of nitrogens with zero attached hydrogens (tertiary/aromatic N) is 2. The standard InChI is InChI=1S/C19H21N3O4S/c1-21(2)15-8-6-14(7-9-15)20-27(25,26)17-12-10-16(11-13-17)22-18(23)4-3-5-19(22)24/h6-13,20H,3-5H2,1-2H3. The summed E-state index contributed by atoms with van der Waals surface area (Å²) in [5, 5.41) is 0. The number of benzene rings is 2. The summed E-state index contributed by atoms with van der Waals surface area (Å²) in [6.07, 6.45) is 1.18. The van der Waals surface area contributed by atoms with Gasteiger partial charge < -0.3 is 4.90 Å². The molecular formula is C19H21N3O4S. The van der Waals surface area contributed by atoms with Crippen molar-refractivity contribution in [3.8, 4) is 0 Å². The monoisotopic (exact) mass is 387 g/mol. The van der Waals surface area contributed by atoms with Crippen LogP contribution in [0, 0.1) is 0 Å². The van der Waals surface area contributed by atoms with Gasteiger partial charge in [0.25, 0.3) is 10.0 Å². The van der Waals surface area contributed by atoms with Gasteiger partial charge in [0.05, 0.1) is 10.6 Å². The molecule has 0 saturated carbocycles. The van der Waals surface area contributed by atoms with Crippen LogP contribution >= 0.6 is 0 Å². The lowest BCUT2D eigenvalue weighted by atomic mass is 10.1. The van der Waals surface area contributed by atoms with Crippen LogP contribution in [0.25, 0.3) is 0 Å². The van der Waals surface area contributed by atoms with Crippen molar-refractivity contribution < 1.29 is 18.0 Å². The minimum Gasteiger partial charge on any atom is -0.378 e. The number of anilines is 3. The Hall–Kier alpha value is -2.87. The van der Waals surface area contributed by atoms with Crippen LogP contribution in [0.2, 0.25) is 0 Å². The van der Waals surface area contributed by atoms with Crippen molar-refractivity contribution in [3.63, 3.8) is 0 Å². The van der Waals surface area contributed by atoms with Gasteiger partial charge in [-0.05, 0) is 55.0 Å². The highest BCUT2D eigenvalue weighted by Crippen LogP contribution is 2.25. The van der Waals surface area contributed by atoms with Crippen molar-refractivity contribution in [1.82, 2.24) is 0 Å². The number of imide groups is 1. The lowest BCUT2D eigenvalue weighted by Crippen LogP contribution is -2.40. The van der Waals surface area contributed by atoms with E-state index in [0.29, 0.717) is 30.6 Å². The number of amides is 2. The van der Waals surface area contributed by atoms with Gasteiger partial charge in [0.15, 0.2) is 0 Å². The van der Waals surface area contributed by atoms with Crippen LogP contribution in [0.5, 0.6) is 0 Å². The van der Waals surface area contributed by atoms with E-state index in [2.05, 4.69) is 4.72 Å². The van der Waals surface area contributed by atoms with E-state index in [1.54, 1.807) is 12.1 Å². The van der Waals surface area contributed by atoms with Crippen LogP contribution in [0.1, 0.15) is 19.3 Å². The third-order valence-electron chi connectivity index (χ3n) is 4.32. The average Bonchev–Trinajstić information content (AvgIpc) is 2.62. The molecule has 0 aliphatic carbocycles. The van der Waals surface area contributed by atoms with Gasteiger partial charge in [0.2, 0.25) is 11.8 Å². The van der Waals surface area contributed by atoms with E-state index in [1.165, 1.54) is 24.3 Å². The molecule has 1 aliphatic rings. The van der Waals surface area contributed by atoms with Gasteiger partial charge in [-0.2, -0.15) is 0 Å². The predicted octanol–water partition coefficient (Wildman–Crippen LogP) is 2.60. The van der Waals surface area contributed by atoms with E-state index in [4.69, 9.17) is 0 Å². The molecule has 142 valence electrons. The molecule has 0 unspecified atom stereocenters. The second kappa shape index (κ2) is 7.40. The Labute approximate surface area is 158 Å². The fourth-order valence-electron chi connectivity index (χ4n) is 2.86. The van der Waals surface area contributed by atoms with Crippen molar-refractivity contribution in [2.24, 2.45) is 0 Å². The van der Waals surface area contributed by atoms with Crippen LogP contribution < -0.4 is 14.5 Å². The minimum absolute atomic E-state index is 0.0554. The number of nitrogens with one attached hydrogen (secondary N) is 1. The summed E-state index contributed by atoms with van der Waals surface area (Å²) < 4.78 is 27.7. The van der Waals surface area contributed by atoms with Gasteiger partial charge in [-0.15, -0.1) is 0 Å². The molecule has 1 N–H and O–H groups in total. The molecule has 7 nitrogen and oxygen atoms in total. The molecule has 2 amide bonds. The first-order chi connectivity index (χ1) is 12.8. The van der Waals surface area contributed by atoms with Crippen LogP contribution in [-0.4, -0.2) is 34.3 Å². The van der Waals surface area contributed by atoms with Crippen molar-refractivity contribution in [1.29, 1.82) is 0 Å². The molecule has 27 heavy (non-hydrogen) atoms. The molecule has 1 heterocycles. The maximum atomic E-state index is 12.6. The number of carbonyl (C=O) groups excluding carboxylic acids is 2. The smallest absolute Gasteiger partial charge is 0.261 e. The average molecular weight is 387 g/mol. The molecule has 0 bridgehead atoms. The topological polar surface area (TPSA) is 86.8 Å². The van der Waals surface area contributed by atoms with Crippen LogP contribution in [-0.2, 0) is 19.6 Å². The number of carbonyl (C=O) groups is 2. The molecule has 3 rings (SSSR count). The van der Waals surface area contributed by atoms with E-state index < -0.39 is 10.0 Å². The predicted molar refractivity (Wildman–Crippen MR) is 104 cm³/mol. The fraction of sp³-hybridized carbons (Fsp3) is 0.263. The lowest BCUT2D eigenvalue weighted by Gasteiger charge is -2.24. The molecule has 1 aliphatic heterocycles. The summed E-state index contributed by atoms with van der Waals surface area (Å²) in [5.74, 6) is -0.526. The van der Waals surface area contributed by atoms with E-state index in [0.717, 1.165) is 10.6 Å². The van der Waals surface area contributed by atoms with Crippen LogP contribution in [0.4, 0.5) is 17.1 Å². The summed E-state index contributed by atoms with van der Waals surface area (Å²) in [6, 6.07) is 12.7. The number of hydrogen-bond acceptors (Lipinski definition) is 5. The lowest BCUT2D eigenvalue weighted by molar-refractivity contribution is -0.129. The minimum atomic E-state index is -3.77. The third-order valence-corrected chi connectivity index (χ3v) is 5.72. The van der Waals surface area contributed by atoms with Crippen molar-refractivity contribution in [2.45, 2.75) is 24.2 Å². The maximum absolute atomic E-state index is 12.6. The summed E-state index contributed by atoms with van der Waals surface area (Å²) in [7, 11) is 0.0298. The maximum Gasteiger partial charge on any atom is 0.261 e. The van der Waals surface area contributed by atoms with Gasteiger partial charge in [-0.3, -0.25) is 19.2 Å². The van der Waals surface area contributed by atoms with Gasteiger partial charge in [0, 0.05) is 38.3 Å². The van der Waals surface area contributed by atoms with Gasteiger partial charge in [-0.1, -0.05) is 0 Å². The van der Waals surface area contributed by atoms with Crippen LogP contribution in [0.15, 0.2) is 53.4 Å². The Morgan fingerprint density at radius 2 is 1.44 bits per heavy atom. The molecule has 1 saturated heterocycles. The zero-order valence-electron chi connectivity index (χ0n) is 15.2. The highest BCUT2D eigenvalue weighted by molar-refractivity contribution is 7.92. The zero-order valence-corrected chi connectivity index (χ0v) is 16.0. The highest BCUT2D eigenvalue weighted by Gasteiger charge is 2.27. The molecule has 0 radical (unpaired) electrons. The van der Waals surface area contributed by atoms with E-state index in [1.807, 2.05) is 31.1 Å². The van der Waals surface area contributed by atoms with Crippen molar-refractivity contribution in [3.05, 3.63) is 48.5 Å². The molecule has 0 spiro atoms. The number of piperidine rings is 1. The summed E-state index contributed by atoms with van der Waals surface area (Å²) in [4.78, 5) is 27.0. The first-order valence-electron chi connectivity index (χ1n) is 8.54. The zero-order chi connectivity index (χ0) is 19.6. The Morgan fingerprint density at radius 1 is 0.889 bits per heavy atom. The fourth-order valence-corrected chi connectivity index (χ4v) is 3.92. The molecular weight excluding hydrogens is 366 g/mol. The Bertz CT molecular complexity index is 935. The third kappa shape index (κ3) is 4.11. The molecule has 1 fully saturated rings. The van der Waals surface area contributed by atoms with Crippen LogP contribution in [0.3, 0.4) is 0 Å². The second-order valence-electron chi connectivity index (χ2n) is 6.52. The number of rotatable bonds is 5. The Balaban J connectivity index is 1.79. The largest absolute Gasteiger partial charge is 0.378 e. The molecule has 0 aromatic heterocycles. The Morgan fingerprint density at radius 3 is 1.96 bits per heavy atom. The molecule has 8 heteroatoms. The van der Waals surface area contributed by atoms with Crippen molar-refractivity contribution >= 4 is 38.9 Å². The first-order valence-corrected chi connectivity index (χ1v) is 10.0.